The standard InChI is InChI=1S/C33H27F3N2O2S/c1-20-17-24(13-15-27(20)37-32-38-28-16-14-26(33(34,35)36)19-30(28)41-32)22-9-11-23(12-10-22)29-18-25(31(39)40-29)8-7-21-5-3-2-4-6-21/h2-6,9-17,19,25,29H,7-8,18H2,1H3,(H,37,38). The van der Waals surface area contributed by atoms with E-state index < -0.39 is 11.7 Å². The van der Waals surface area contributed by atoms with Gasteiger partial charge in [0.1, 0.15) is 6.10 Å². The zero-order valence-corrected chi connectivity index (χ0v) is 23.1. The minimum Gasteiger partial charge on any atom is -0.457 e. The Labute approximate surface area is 239 Å². The molecule has 41 heavy (non-hydrogen) atoms. The number of benzene rings is 4. The molecule has 2 heterocycles. The van der Waals surface area contributed by atoms with E-state index in [1.807, 2.05) is 61.5 Å². The van der Waals surface area contributed by atoms with Crippen LogP contribution in [0, 0.1) is 12.8 Å². The largest absolute Gasteiger partial charge is 0.457 e. The number of hydrogen-bond donors (Lipinski definition) is 1. The molecule has 0 saturated carbocycles. The Kier molecular flexibility index (Phi) is 7.26. The molecule has 208 valence electrons. The number of fused-ring (bicyclic) bond motifs is 1. The summed E-state index contributed by atoms with van der Waals surface area (Å²) < 4.78 is 45.4. The van der Waals surface area contributed by atoms with Crippen molar-refractivity contribution in [3.63, 3.8) is 0 Å². The minimum absolute atomic E-state index is 0.0929. The zero-order chi connectivity index (χ0) is 28.6. The maximum Gasteiger partial charge on any atom is 0.416 e. The smallest absolute Gasteiger partial charge is 0.416 e. The fourth-order valence-corrected chi connectivity index (χ4v) is 6.13. The first-order valence-electron chi connectivity index (χ1n) is 13.4. The van der Waals surface area contributed by atoms with E-state index in [4.69, 9.17) is 4.74 Å². The van der Waals surface area contributed by atoms with Crippen molar-refractivity contribution in [3.05, 3.63) is 113 Å². The number of aromatic nitrogens is 1. The minimum atomic E-state index is -4.39. The van der Waals surface area contributed by atoms with Gasteiger partial charge in [-0.25, -0.2) is 4.98 Å². The molecule has 1 saturated heterocycles. The summed E-state index contributed by atoms with van der Waals surface area (Å²) in [5.41, 5.74) is 5.94. The summed E-state index contributed by atoms with van der Waals surface area (Å²) in [5.74, 6) is -0.215. The highest BCUT2D eigenvalue weighted by molar-refractivity contribution is 7.22. The van der Waals surface area contributed by atoms with E-state index in [1.165, 1.54) is 23.0 Å². The Balaban J connectivity index is 1.11. The zero-order valence-electron chi connectivity index (χ0n) is 22.2. The first-order valence-corrected chi connectivity index (χ1v) is 14.2. The highest BCUT2D eigenvalue weighted by Crippen LogP contribution is 2.38. The average molecular weight is 573 g/mol. The Morgan fingerprint density at radius 1 is 0.951 bits per heavy atom. The van der Waals surface area contributed by atoms with Gasteiger partial charge in [0.05, 0.1) is 21.7 Å². The second-order valence-corrected chi connectivity index (χ2v) is 11.4. The van der Waals surface area contributed by atoms with Gasteiger partial charge in [-0.2, -0.15) is 13.2 Å². The molecule has 0 bridgehead atoms. The Bertz CT molecular complexity index is 1700. The van der Waals surface area contributed by atoms with Crippen LogP contribution in [0.4, 0.5) is 24.0 Å². The van der Waals surface area contributed by atoms with Gasteiger partial charge >= 0.3 is 12.1 Å². The molecule has 0 aliphatic carbocycles. The summed E-state index contributed by atoms with van der Waals surface area (Å²) in [5, 5.41) is 3.79. The summed E-state index contributed by atoms with van der Waals surface area (Å²) in [6, 6.07) is 27.9. The second kappa shape index (κ2) is 11.0. The van der Waals surface area contributed by atoms with E-state index in [-0.39, 0.29) is 18.0 Å². The average Bonchev–Trinajstić information content (AvgIpc) is 3.55. The number of halogens is 3. The molecule has 1 aliphatic heterocycles. The molecular weight excluding hydrogens is 545 g/mol. The number of aryl methyl sites for hydroxylation is 2. The highest BCUT2D eigenvalue weighted by Gasteiger charge is 2.35. The number of cyclic esters (lactones) is 1. The van der Waals surface area contributed by atoms with Gasteiger partial charge in [-0.15, -0.1) is 0 Å². The maximum absolute atomic E-state index is 13.1. The number of thiazole rings is 1. The topological polar surface area (TPSA) is 51.2 Å². The van der Waals surface area contributed by atoms with Gasteiger partial charge in [0, 0.05) is 12.1 Å². The Morgan fingerprint density at radius 3 is 2.44 bits per heavy atom. The molecule has 4 aromatic carbocycles. The molecule has 1 fully saturated rings. The molecule has 5 aromatic rings. The van der Waals surface area contributed by atoms with Gasteiger partial charge in [0.25, 0.3) is 0 Å². The number of rotatable bonds is 7. The van der Waals surface area contributed by atoms with Crippen LogP contribution in [0.5, 0.6) is 0 Å². The fourth-order valence-electron chi connectivity index (χ4n) is 5.21. The van der Waals surface area contributed by atoms with Gasteiger partial charge in [0.2, 0.25) is 0 Å². The first-order chi connectivity index (χ1) is 19.7. The van der Waals surface area contributed by atoms with Crippen LogP contribution in [0.3, 0.4) is 0 Å². The van der Waals surface area contributed by atoms with Crippen molar-refractivity contribution in [2.75, 3.05) is 5.32 Å². The monoisotopic (exact) mass is 572 g/mol. The van der Waals surface area contributed by atoms with Crippen LogP contribution in [0.25, 0.3) is 21.3 Å². The van der Waals surface area contributed by atoms with Gasteiger partial charge in [-0.05, 0) is 77.9 Å². The van der Waals surface area contributed by atoms with E-state index in [0.717, 1.165) is 52.9 Å². The summed E-state index contributed by atoms with van der Waals surface area (Å²) in [4.78, 5) is 16.9. The van der Waals surface area contributed by atoms with Crippen LogP contribution in [0.1, 0.15) is 41.2 Å². The van der Waals surface area contributed by atoms with Crippen molar-refractivity contribution in [2.24, 2.45) is 5.92 Å². The Morgan fingerprint density at radius 2 is 1.71 bits per heavy atom. The highest BCUT2D eigenvalue weighted by atomic mass is 32.1. The lowest BCUT2D eigenvalue weighted by Crippen LogP contribution is -2.08. The van der Waals surface area contributed by atoms with Gasteiger partial charge in [0.15, 0.2) is 5.13 Å². The number of esters is 1. The summed E-state index contributed by atoms with van der Waals surface area (Å²) in [6.07, 6.45) is -2.29. The summed E-state index contributed by atoms with van der Waals surface area (Å²) >= 11 is 1.19. The number of nitrogens with one attached hydrogen (secondary N) is 1. The number of carbonyl (C=O) groups excluding carboxylic acids is 1. The number of hydrogen-bond acceptors (Lipinski definition) is 5. The molecule has 0 radical (unpaired) electrons. The molecule has 0 amide bonds. The lowest BCUT2D eigenvalue weighted by atomic mass is 9.93. The summed E-state index contributed by atoms with van der Waals surface area (Å²) in [6.45, 7) is 1.98. The fraction of sp³-hybridized carbons (Fsp3) is 0.212. The number of ether oxygens (including phenoxy) is 1. The number of anilines is 2. The van der Waals surface area contributed by atoms with Crippen LogP contribution in [-0.2, 0) is 22.1 Å². The molecule has 8 heteroatoms. The van der Waals surface area contributed by atoms with E-state index in [9.17, 15) is 18.0 Å². The first kappa shape index (κ1) is 27.0. The van der Waals surface area contributed by atoms with Crippen molar-refractivity contribution in [2.45, 2.75) is 38.5 Å². The Hall–Kier alpha value is -4.17. The lowest BCUT2D eigenvalue weighted by molar-refractivity contribution is -0.144. The lowest BCUT2D eigenvalue weighted by Gasteiger charge is -2.12. The van der Waals surface area contributed by atoms with Crippen molar-refractivity contribution < 1.29 is 22.7 Å². The van der Waals surface area contributed by atoms with Gasteiger partial charge < -0.3 is 10.1 Å². The van der Waals surface area contributed by atoms with Crippen molar-refractivity contribution in [1.29, 1.82) is 0 Å². The molecular formula is C33H27F3N2O2S. The van der Waals surface area contributed by atoms with Crippen LogP contribution < -0.4 is 5.32 Å². The third kappa shape index (κ3) is 5.98. The molecule has 1 N–H and O–H groups in total. The van der Waals surface area contributed by atoms with E-state index in [1.54, 1.807) is 0 Å². The molecule has 2 atom stereocenters. The van der Waals surface area contributed by atoms with Crippen LogP contribution in [0.2, 0.25) is 0 Å². The van der Waals surface area contributed by atoms with Crippen molar-refractivity contribution in [3.8, 4) is 11.1 Å². The molecule has 1 aromatic heterocycles. The van der Waals surface area contributed by atoms with Crippen LogP contribution >= 0.6 is 11.3 Å². The predicted octanol–water partition coefficient (Wildman–Crippen LogP) is 9.27. The van der Waals surface area contributed by atoms with E-state index in [0.29, 0.717) is 21.8 Å². The van der Waals surface area contributed by atoms with E-state index in [2.05, 4.69) is 28.5 Å². The molecule has 4 nitrogen and oxygen atoms in total. The number of nitrogens with zero attached hydrogens (tertiary/aromatic N) is 1. The number of alkyl halides is 3. The van der Waals surface area contributed by atoms with Gasteiger partial charge in [-0.1, -0.05) is 72.0 Å². The van der Waals surface area contributed by atoms with Crippen LogP contribution in [0.15, 0.2) is 91.0 Å². The molecule has 6 rings (SSSR count). The van der Waals surface area contributed by atoms with Gasteiger partial charge in [-0.3, -0.25) is 4.79 Å². The summed E-state index contributed by atoms with van der Waals surface area (Å²) in [7, 11) is 0. The van der Waals surface area contributed by atoms with Crippen molar-refractivity contribution in [1.82, 2.24) is 4.98 Å². The van der Waals surface area contributed by atoms with Crippen molar-refractivity contribution >= 4 is 38.3 Å². The van der Waals surface area contributed by atoms with Crippen LogP contribution in [-0.4, -0.2) is 11.0 Å². The van der Waals surface area contributed by atoms with E-state index >= 15 is 0 Å². The normalized spacial score (nSPS) is 17.1. The molecule has 2 unspecified atom stereocenters. The third-order valence-electron chi connectivity index (χ3n) is 7.51. The third-order valence-corrected chi connectivity index (χ3v) is 8.45. The molecule has 0 spiro atoms. The molecule has 1 aliphatic rings. The SMILES string of the molecule is Cc1cc(-c2ccc(C3CC(CCc4ccccc4)C(=O)O3)cc2)ccc1Nc1nc2ccc(C(F)(F)F)cc2s1. The maximum atomic E-state index is 13.1. The predicted molar refractivity (Wildman–Crippen MR) is 156 cm³/mol. The number of carbonyl (C=O) groups is 1. The second-order valence-electron chi connectivity index (χ2n) is 10.4. The quantitative estimate of drug-likeness (QED) is 0.198.